The van der Waals surface area contributed by atoms with E-state index in [4.69, 9.17) is 0 Å². The van der Waals surface area contributed by atoms with Crippen molar-refractivity contribution in [3.8, 4) is 5.75 Å². The number of allylic oxidation sites excluding steroid dienone is 2. The van der Waals surface area contributed by atoms with Gasteiger partial charge in [-0.25, -0.2) is 0 Å². The van der Waals surface area contributed by atoms with Crippen molar-refractivity contribution >= 4 is 17.5 Å². The average Bonchev–Trinajstić information content (AvgIpc) is 2.61. The minimum Gasteiger partial charge on any atom is -0.508 e. The third-order valence-electron chi connectivity index (χ3n) is 2.95. The summed E-state index contributed by atoms with van der Waals surface area (Å²) in [6.07, 6.45) is 6.14. The lowest BCUT2D eigenvalue weighted by Gasteiger charge is -2.11. The van der Waals surface area contributed by atoms with Crippen LogP contribution in [0.4, 0.5) is 5.69 Å². The summed E-state index contributed by atoms with van der Waals surface area (Å²) in [5.41, 5.74) is 4.33. The average molecular weight is 235 g/mol. The third kappa shape index (κ3) is 2.00. The second kappa shape index (κ2) is 4.41. The van der Waals surface area contributed by atoms with Gasteiger partial charge in [0.1, 0.15) is 5.75 Å². The molecule has 0 aromatic heterocycles. The van der Waals surface area contributed by atoms with Crippen LogP contribution in [0.1, 0.15) is 11.1 Å². The van der Waals surface area contributed by atoms with Crippen LogP contribution in [0.5, 0.6) is 5.75 Å². The van der Waals surface area contributed by atoms with Gasteiger partial charge >= 0.3 is 0 Å². The van der Waals surface area contributed by atoms with E-state index in [1.807, 2.05) is 36.4 Å². The molecule has 0 fully saturated rings. The summed E-state index contributed by atoms with van der Waals surface area (Å²) in [4.78, 5) is 0. The highest BCUT2D eigenvalue weighted by atomic mass is 16.3. The lowest BCUT2D eigenvalue weighted by atomic mass is 10.1. The lowest BCUT2D eigenvalue weighted by Crippen LogP contribution is -1.98. The zero-order valence-corrected chi connectivity index (χ0v) is 9.80. The molecule has 1 aliphatic heterocycles. The molecule has 88 valence electrons. The Morgan fingerprint density at radius 3 is 2.50 bits per heavy atom. The summed E-state index contributed by atoms with van der Waals surface area (Å²) in [7, 11) is 0. The first-order chi connectivity index (χ1) is 8.83. The van der Waals surface area contributed by atoms with E-state index in [9.17, 15) is 5.11 Å². The number of anilines is 1. The van der Waals surface area contributed by atoms with Gasteiger partial charge in [0.25, 0.3) is 0 Å². The van der Waals surface area contributed by atoms with Crippen molar-refractivity contribution in [2.24, 2.45) is 0 Å². The Morgan fingerprint density at radius 1 is 0.889 bits per heavy atom. The molecule has 2 aromatic carbocycles. The monoisotopic (exact) mass is 235 g/mol. The van der Waals surface area contributed by atoms with Crippen LogP contribution in [0.3, 0.4) is 0 Å². The molecule has 0 aliphatic carbocycles. The fourth-order valence-corrected chi connectivity index (χ4v) is 2.00. The van der Waals surface area contributed by atoms with Crippen molar-refractivity contribution < 1.29 is 5.11 Å². The summed E-state index contributed by atoms with van der Waals surface area (Å²) in [5.74, 6) is 0.281. The highest BCUT2D eigenvalue weighted by Crippen LogP contribution is 2.26. The van der Waals surface area contributed by atoms with E-state index in [2.05, 4.69) is 23.5 Å². The van der Waals surface area contributed by atoms with Gasteiger partial charge in [-0.3, -0.25) is 0 Å². The molecule has 1 aliphatic rings. The highest BCUT2D eigenvalue weighted by Gasteiger charge is 2.06. The minimum atomic E-state index is 0.281. The Bertz CT molecular complexity index is 624. The van der Waals surface area contributed by atoms with Crippen molar-refractivity contribution in [3.05, 3.63) is 71.8 Å². The maximum atomic E-state index is 9.31. The molecule has 18 heavy (non-hydrogen) atoms. The number of nitrogens with one attached hydrogen (secondary N) is 1. The smallest absolute Gasteiger partial charge is 0.115 e. The Kier molecular flexibility index (Phi) is 2.61. The Labute approximate surface area is 106 Å². The van der Waals surface area contributed by atoms with E-state index < -0.39 is 0 Å². The van der Waals surface area contributed by atoms with Crippen LogP contribution < -0.4 is 5.32 Å². The summed E-state index contributed by atoms with van der Waals surface area (Å²) in [5, 5.41) is 12.7. The fourth-order valence-electron chi connectivity index (χ4n) is 2.00. The molecule has 2 N–H and O–H groups in total. The summed E-state index contributed by atoms with van der Waals surface area (Å²) < 4.78 is 0. The van der Waals surface area contributed by atoms with Crippen molar-refractivity contribution in [3.63, 3.8) is 0 Å². The molecule has 0 saturated carbocycles. The van der Waals surface area contributed by atoms with Crippen LogP contribution in [0.15, 0.2) is 60.7 Å². The Balaban J connectivity index is 1.99. The number of phenolic OH excluding ortho intramolecular Hbond substituents is 1. The molecule has 2 heteroatoms. The second-order valence-electron chi connectivity index (χ2n) is 4.20. The number of benzene rings is 2. The van der Waals surface area contributed by atoms with E-state index in [0.717, 1.165) is 16.9 Å². The molecule has 0 bridgehead atoms. The maximum absolute atomic E-state index is 9.31. The SMILES string of the molecule is Oc1ccc(C2=CC=Cc3ccccc3N2)cc1. The summed E-state index contributed by atoms with van der Waals surface area (Å²) >= 11 is 0. The summed E-state index contributed by atoms with van der Waals surface area (Å²) in [6.45, 7) is 0. The molecule has 0 unspecified atom stereocenters. The van der Waals surface area contributed by atoms with Crippen LogP contribution in [0.25, 0.3) is 11.8 Å². The van der Waals surface area contributed by atoms with Gasteiger partial charge in [0.2, 0.25) is 0 Å². The molecule has 0 saturated heterocycles. The molecular formula is C16H13NO. The first-order valence-electron chi connectivity index (χ1n) is 5.87. The zero-order chi connectivity index (χ0) is 12.4. The van der Waals surface area contributed by atoms with Crippen molar-refractivity contribution in [2.75, 3.05) is 5.32 Å². The number of aromatic hydroxyl groups is 1. The van der Waals surface area contributed by atoms with Gasteiger partial charge in [0, 0.05) is 11.4 Å². The van der Waals surface area contributed by atoms with Gasteiger partial charge in [-0.15, -0.1) is 0 Å². The van der Waals surface area contributed by atoms with Gasteiger partial charge in [-0.1, -0.05) is 30.4 Å². The van der Waals surface area contributed by atoms with E-state index in [-0.39, 0.29) is 5.75 Å². The van der Waals surface area contributed by atoms with Crippen molar-refractivity contribution in [1.82, 2.24) is 0 Å². The van der Waals surface area contributed by atoms with Crippen LogP contribution in [0.2, 0.25) is 0 Å². The van der Waals surface area contributed by atoms with Crippen molar-refractivity contribution in [1.29, 1.82) is 0 Å². The number of para-hydroxylation sites is 1. The maximum Gasteiger partial charge on any atom is 0.115 e. The third-order valence-corrected chi connectivity index (χ3v) is 2.95. The van der Waals surface area contributed by atoms with Crippen molar-refractivity contribution in [2.45, 2.75) is 0 Å². The quantitative estimate of drug-likeness (QED) is 0.786. The standard InChI is InChI=1S/C16H13NO/c18-14-10-8-13(9-11-14)16-7-3-5-12-4-1-2-6-15(12)17-16/h1-11,17-18H. The van der Waals surface area contributed by atoms with E-state index >= 15 is 0 Å². The van der Waals surface area contributed by atoms with E-state index in [1.54, 1.807) is 12.1 Å². The molecule has 2 aromatic rings. The van der Waals surface area contributed by atoms with E-state index in [0.29, 0.717) is 0 Å². The van der Waals surface area contributed by atoms with Gasteiger partial charge in [-0.2, -0.15) is 0 Å². The molecule has 3 rings (SSSR count). The predicted octanol–water partition coefficient (Wildman–Crippen LogP) is 3.87. The predicted molar refractivity (Wildman–Crippen MR) is 75.2 cm³/mol. The van der Waals surface area contributed by atoms with Gasteiger partial charge in [0.05, 0.1) is 0 Å². The number of hydrogen-bond donors (Lipinski definition) is 2. The molecule has 0 spiro atoms. The molecule has 1 heterocycles. The molecule has 0 radical (unpaired) electrons. The number of fused-ring (bicyclic) bond motifs is 1. The molecule has 0 amide bonds. The van der Waals surface area contributed by atoms with Crippen LogP contribution >= 0.6 is 0 Å². The fraction of sp³-hybridized carbons (Fsp3) is 0. The first-order valence-corrected chi connectivity index (χ1v) is 5.87. The van der Waals surface area contributed by atoms with Gasteiger partial charge in [0.15, 0.2) is 0 Å². The molecule has 0 atom stereocenters. The largest absolute Gasteiger partial charge is 0.508 e. The normalized spacial score (nSPS) is 13.2. The lowest BCUT2D eigenvalue weighted by molar-refractivity contribution is 0.475. The van der Waals surface area contributed by atoms with Gasteiger partial charge < -0.3 is 10.4 Å². The minimum absolute atomic E-state index is 0.281. The number of hydrogen-bond acceptors (Lipinski definition) is 2. The number of rotatable bonds is 1. The Morgan fingerprint density at radius 2 is 1.67 bits per heavy atom. The van der Waals surface area contributed by atoms with Crippen LogP contribution in [-0.4, -0.2) is 5.11 Å². The van der Waals surface area contributed by atoms with Gasteiger partial charge in [-0.05, 0) is 47.5 Å². The first kappa shape index (κ1) is 10.7. The topological polar surface area (TPSA) is 32.3 Å². The second-order valence-corrected chi connectivity index (χ2v) is 4.20. The molecular weight excluding hydrogens is 222 g/mol. The number of phenols is 1. The van der Waals surface area contributed by atoms with E-state index in [1.165, 1.54) is 5.56 Å². The van der Waals surface area contributed by atoms with Crippen LogP contribution in [0, 0.1) is 0 Å². The summed E-state index contributed by atoms with van der Waals surface area (Å²) in [6, 6.07) is 15.4. The molecule has 2 nitrogen and oxygen atoms in total. The van der Waals surface area contributed by atoms with Crippen LogP contribution in [-0.2, 0) is 0 Å². The Hall–Kier alpha value is -2.48. The zero-order valence-electron chi connectivity index (χ0n) is 9.80. The highest BCUT2D eigenvalue weighted by molar-refractivity contribution is 5.85.